The number of rotatable bonds is 6. The summed E-state index contributed by atoms with van der Waals surface area (Å²) < 4.78 is 39.8. The summed E-state index contributed by atoms with van der Waals surface area (Å²) in [6, 6.07) is 15.7. The van der Waals surface area contributed by atoms with Crippen LogP contribution in [0.5, 0.6) is 0 Å². The molecule has 4 nitrogen and oxygen atoms in total. The van der Waals surface area contributed by atoms with Crippen molar-refractivity contribution in [2.45, 2.75) is 6.42 Å². The molecular weight excluding hydrogens is 339 g/mol. The molecule has 0 radical (unpaired) electrons. The van der Waals surface area contributed by atoms with Crippen LogP contribution in [0.1, 0.15) is 12.0 Å². The van der Waals surface area contributed by atoms with E-state index in [4.69, 9.17) is 0 Å². The van der Waals surface area contributed by atoms with Crippen LogP contribution in [0.15, 0.2) is 60.0 Å². The Morgan fingerprint density at radius 1 is 1.12 bits per heavy atom. The van der Waals surface area contributed by atoms with Crippen molar-refractivity contribution in [2.75, 3.05) is 24.5 Å². The Balaban J connectivity index is 1.52. The number of nitrogens with one attached hydrogen (secondary N) is 1. The molecule has 3 rings (SSSR count). The first-order valence-corrected chi connectivity index (χ1v) is 9.80. The lowest BCUT2D eigenvalue weighted by molar-refractivity contribution is 0.547. The van der Waals surface area contributed by atoms with Gasteiger partial charge in [-0.1, -0.05) is 30.3 Å². The highest BCUT2D eigenvalue weighted by Gasteiger charge is 2.23. The molecule has 2 aromatic rings. The van der Waals surface area contributed by atoms with Gasteiger partial charge in [-0.25, -0.2) is 17.5 Å². The van der Waals surface area contributed by atoms with Gasteiger partial charge in [-0.3, -0.25) is 0 Å². The summed E-state index contributed by atoms with van der Waals surface area (Å²) in [4.78, 5) is 2.15. The fourth-order valence-corrected chi connectivity index (χ4v) is 3.80. The minimum atomic E-state index is -3.45. The monoisotopic (exact) mass is 360 g/mol. The van der Waals surface area contributed by atoms with Crippen LogP contribution in [0.2, 0.25) is 0 Å². The topological polar surface area (TPSA) is 49.4 Å². The summed E-state index contributed by atoms with van der Waals surface area (Å²) in [5.41, 5.74) is 1.81. The molecule has 132 valence electrons. The van der Waals surface area contributed by atoms with Crippen LogP contribution >= 0.6 is 0 Å². The Morgan fingerprint density at radius 2 is 1.84 bits per heavy atom. The van der Waals surface area contributed by atoms with Crippen LogP contribution in [-0.4, -0.2) is 28.1 Å². The summed E-state index contributed by atoms with van der Waals surface area (Å²) in [6.07, 6.45) is 2.49. The SMILES string of the molecule is O=S(=O)(/C=C/c1ccccc1)NCC1CCN(c2ccc(F)cc2)C1. The summed E-state index contributed by atoms with van der Waals surface area (Å²) in [7, 11) is -3.45. The third-order valence-electron chi connectivity index (χ3n) is 4.29. The van der Waals surface area contributed by atoms with Crippen molar-refractivity contribution in [1.82, 2.24) is 4.72 Å². The minimum absolute atomic E-state index is 0.241. The van der Waals surface area contributed by atoms with Crippen molar-refractivity contribution in [1.29, 1.82) is 0 Å². The number of nitrogens with zero attached hydrogens (tertiary/aromatic N) is 1. The highest BCUT2D eigenvalue weighted by molar-refractivity contribution is 7.92. The van der Waals surface area contributed by atoms with Gasteiger partial charge in [0.1, 0.15) is 5.82 Å². The van der Waals surface area contributed by atoms with E-state index >= 15 is 0 Å². The molecule has 0 amide bonds. The first-order valence-electron chi connectivity index (χ1n) is 8.25. The molecule has 0 saturated carbocycles. The van der Waals surface area contributed by atoms with Crippen molar-refractivity contribution >= 4 is 21.8 Å². The van der Waals surface area contributed by atoms with Gasteiger partial charge in [0.25, 0.3) is 0 Å². The van der Waals surface area contributed by atoms with Crippen LogP contribution < -0.4 is 9.62 Å². The average Bonchev–Trinajstić information content (AvgIpc) is 3.09. The average molecular weight is 360 g/mol. The zero-order chi connectivity index (χ0) is 17.7. The zero-order valence-electron chi connectivity index (χ0n) is 13.8. The Kier molecular flexibility index (Phi) is 5.50. The molecule has 6 heteroatoms. The van der Waals surface area contributed by atoms with Crippen LogP contribution in [0.25, 0.3) is 6.08 Å². The number of sulfonamides is 1. The summed E-state index contributed by atoms with van der Waals surface area (Å²) in [6.45, 7) is 2.01. The molecule has 25 heavy (non-hydrogen) atoms. The van der Waals surface area contributed by atoms with Crippen molar-refractivity contribution in [3.8, 4) is 0 Å². The molecule has 0 spiro atoms. The standard InChI is InChI=1S/C19H21FN2O2S/c20-18-6-8-19(9-7-18)22-12-10-17(15-22)14-21-25(23,24)13-11-16-4-2-1-3-5-16/h1-9,11,13,17,21H,10,12,14-15H2/b13-11+. The normalized spacial score (nSPS) is 18.1. The van der Waals surface area contributed by atoms with Crippen LogP contribution in [0.4, 0.5) is 10.1 Å². The highest BCUT2D eigenvalue weighted by Crippen LogP contribution is 2.23. The molecule has 2 aromatic carbocycles. The molecule has 1 aliphatic heterocycles. The van der Waals surface area contributed by atoms with Crippen molar-refractivity contribution in [3.63, 3.8) is 0 Å². The van der Waals surface area contributed by atoms with Crippen LogP contribution in [0.3, 0.4) is 0 Å². The van der Waals surface area contributed by atoms with E-state index in [1.165, 1.54) is 17.5 Å². The Labute approximate surface area is 148 Å². The number of halogens is 1. The zero-order valence-corrected chi connectivity index (χ0v) is 14.6. The molecule has 0 aromatic heterocycles. The van der Waals surface area contributed by atoms with Crippen molar-refractivity contribution < 1.29 is 12.8 Å². The fraction of sp³-hybridized carbons (Fsp3) is 0.263. The van der Waals surface area contributed by atoms with E-state index in [1.54, 1.807) is 18.2 Å². The summed E-state index contributed by atoms with van der Waals surface area (Å²) in [5, 5.41) is 1.20. The summed E-state index contributed by atoms with van der Waals surface area (Å²) in [5.74, 6) is -0.0117. The van der Waals surface area contributed by atoms with E-state index in [-0.39, 0.29) is 11.7 Å². The lowest BCUT2D eigenvalue weighted by atomic mass is 10.1. The predicted molar refractivity (Wildman–Crippen MR) is 99.1 cm³/mol. The maximum atomic E-state index is 13.0. The quantitative estimate of drug-likeness (QED) is 0.860. The van der Waals surface area contributed by atoms with E-state index in [1.807, 2.05) is 30.3 Å². The Hall–Kier alpha value is -2.18. The molecule has 1 unspecified atom stereocenters. The van der Waals surface area contributed by atoms with Gasteiger partial charge in [0.2, 0.25) is 10.0 Å². The van der Waals surface area contributed by atoms with Gasteiger partial charge in [0.15, 0.2) is 0 Å². The third kappa shape index (κ3) is 5.14. The second-order valence-corrected chi connectivity index (χ2v) is 7.83. The lowest BCUT2D eigenvalue weighted by Crippen LogP contribution is -2.29. The van der Waals surface area contributed by atoms with E-state index < -0.39 is 10.0 Å². The van der Waals surface area contributed by atoms with E-state index in [0.29, 0.717) is 6.54 Å². The van der Waals surface area contributed by atoms with Crippen molar-refractivity contribution in [3.05, 3.63) is 71.4 Å². The molecule has 0 aliphatic carbocycles. The first kappa shape index (κ1) is 17.6. The number of benzene rings is 2. The van der Waals surface area contributed by atoms with E-state index in [0.717, 1.165) is 30.8 Å². The molecule has 1 atom stereocenters. The second-order valence-electron chi connectivity index (χ2n) is 6.18. The predicted octanol–water partition coefficient (Wildman–Crippen LogP) is 3.24. The molecule has 1 heterocycles. The van der Waals surface area contributed by atoms with Gasteiger partial charge >= 0.3 is 0 Å². The smallest absolute Gasteiger partial charge is 0.233 e. The van der Waals surface area contributed by atoms with Gasteiger partial charge in [0.05, 0.1) is 0 Å². The minimum Gasteiger partial charge on any atom is -0.371 e. The highest BCUT2D eigenvalue weighted by atomic mass is 32.2. The molecule has 1 N–H and O–H groups in total. The van der Waals surface area contributed by atoms with E-state index in [9.17, 15) is 12.8 Å². The molecule has 1 fully saturated rings. The fourth-order valence-electron chi connectivity index (χ4n) is 2.90. The summed E-state index contributed by atoms with van der Waals surface area (Å²) >= 11 is 0. The Bertz CT molecular complexity index is 820. The molecular formula is C19H21FN2O2S. The van der Waals surface area contributed by atoms with E-state index in [2.05, 4.69) is 9.62 Å². The largest absolute Gasteiger partial charge is 0.371 e. The molecule has 1 aliphatic rings. The van der Waals surface area contributed by atoms with Gasteiger partial charge in [-0.15, -0.1) is 0 Å². The number of anilines is 1. The number of hydrogen-bond donors (Lipinski definition) is 1. The Morgan fingerprint density at radius 3 is 2.56 bits per heavy atom. The molecule has 1 saturated heterocycles. The van der Waals surface area contributed by atoms with Crippen molar-refractivity contribution in [2.24, 2.45) is 5.92 Å². The van der Waals surface area contributed by atoms with Gasteiger partial charge in [-0.2, -0.15) is 0 Å². The maximum Gasteiger partial charge on any atom is 0.233 e. The van der Waals surface area contributed by atoms with Crippen LogP contribution in [0, 0.1) is 11.7 Å². The first-order chi connectivity index (χ1) is 12.0. The second kappa shape index (κ2) is 7.80. The molecule has 0 bridgehead atoms. The third-order valence-corrected chi connectivity index (χ3v) is 5.35. The lowest BCUT2D eigenvalue weighted by Gasteiger charge is -2.18. The van der Waals surface area contributed by atoms with Crippen LogP contribution in [-0.2, 0) is 10.0 Å². The van der Waals surface area contributed by atoms with Gasteiger partial charge < -0.3 is 4.90 Å². The maximum absolute atomic E-state index is 13.0. The number of hydrogen-bond acceptors (Lipinski definition) is 3. The van der Waals surface area contributed by atoms with Gasteiger partial charge in [-0.05, 0) is 48.2 Å². The van der Waals surface area contributed by atoms with Gasteiger partial charge in [0, 0.05) is 30.7 Å².